The molecule has 0 aliphatic heterocycles. The molecule has 0 spiro atoms. The van der Waals surface area contributed by atoms with E-state index >= 15 is 0 Å². The highest BCUT2D eigenvalue weighted by molar-refractivity contribution is 7.80. The second-order valence-electron chi connectivity index (χ2n) is 6.85. The minimum absolute atomic E-state index is 0.574. The van der Waals surface area contributed by atoms with Gasteiger partial charge < -0.3 is 15.4 Å². The summed E-state index contributed by atoms with van der Waals surface area (Å²) in [6.07, 6.45) is 0. The maximum atomic E-state index is 5.90. The van der Waals surface area contributed by atoms with Gasteiger partial charge in [-0.15, -0.1) is 0 Å². The van der Waals surface area contributed by atoms with Crippen LogP contribution in [0.25, 0.3) is 0 Å². The van der Waals surface area contributed by atoms with E-state index in [9.17, 15) is 0 Å². The molecule has 0 unspecified atom stereocenters. The van der Waals surface area contributed by atoms with E-state index in [4.69, 9.17) is 17.0 Å². The van der Waals surface area contributed by atoms with Crippen LogP contribution in [0, 0.1) is 13.8 Å². The van der Waals surface area contributed by atoms with Crippen LogP contribution < -0.4 is 10.6 Å². The Balaban J connectivity index is 1.52. The summed E-state index contributed by atoms with van der Waals surface area (Å²) in [4.78, 5) is 0. The molecule has 28 heavy (non-hydrogen) atoms. The molecule has 144 valence electrons. The van der Waals surface area contributed by atoms with E-state index in [-0.39, 0.29) is 0 Å². The Morgan fingerprint density at radius 3 is 2.29 bits per heavy atom. The summed E-state index contributed by atoms with van der Waals surface area (Å²) >= 11 is 5.45. The Hall–Kier alpha value is -2.69. The van der Waals surface area contributed by atoms with Gasteiger partial charge in [-0.25, -0.2) is 0 Å². The van der Waals surface area contributed by atoms with Gasteiger partial charge in [-0.3, -0.25) is 0 Å². The third kappa shape index (κ3) is 5.91. The van der Waals surface area contributed by atoms with Crippen molar-refractivity contribution in [2.75, 3.05) is 5.32 Å². The average molecular weight is 391 g/mol. The predicted molar refractivity (Wildman–Crippen MR) is 120 cm³/mol. The number of hydrogen-bond donors (Lipinski definition) is 2. The second kappa shape index (κ2) is 10.0. The van der Waals surface area contributed by atoms with Crippen molar-refractivity contribution >= 4 is 23.0 Å². The number of aryl methyl sites for hydroxylation is 2. The first-order chi connectivity index (χ1) is 13.6. The Labute approximate surface area is 172 Å². The molecule has 0 bridgehead atoms. The SMILES string of the molecule is Cc1ccc(NC(=S)NCc2ccccc2COCc2ccccc2)cc1C. The van der Waals surface area contributed by atoms with Crippen molar-refractivity contribution in [1.29, 1.82) is 0 Å². The second-order valence-corrected chi connectivity index (χ2v) is 7.26. The van der Waals surface area contributed by atoms with E-state index in [1.54, 1.807) is 0 Å². The lowest BCUT2D eigenvalue weighted by atomic mass is 10.1. The molecule has 0 saturated carbocycles. The van der Waals surface area contributed by atoms with E-state index in [1.165, 1.54) is 27.8 Å². The number of rotatable bonds is 7. The van der Waals surface area contributed by atoms with Crippen molar-refractivity contribution in [3.63, 3.8) is 0 Å². The third-order valence-corrected chi connectivity index (χ3v) is 4.94. The number of thiocarbonyl (C=S) groups is 1. The molecular formula is C24H26N2OS. The molecular weight excluding hydrogens is 364 g/mol. The largest absolute Gasteiger partial charge is 0.372 e. The molecule has 0 saturated heterocycles. The number of nitrogens with one attached hydrogen (secondary N) is 2. The third-order valence-electron chi connectivity index (χ3n) is 4.69. The number of hydrogen-bond acceptors (Lipinski definition) is 2. The van der Waals surface area contributed by atoms with Crippen LogP contribution in [0.15, 0.2) is 72.8 Å². The fourth-order valence-corrected chi connectivity index (χ4v) is 3.08. The minimum Gasteiger partial charge on any atom is -0.372 e. The molecule has 0 radical (unpaired) electrons. The van der Waals surface area contributed by atoms with Crippen molar-refractivity contribution in [3.8, 4) is 0 Å². The van der Waals surface area contributed by atoms with Crippen LogP contribution in [0.3, 0.4) is 0 Å². The molecule has 0 heterocycles. The van der Waals surface area contributed by atoms with Crippen molar-refractivity contribution in [2.24, 2.45) is 0 Å². The van der Waals surface area contributed by atoms with Gasteiger partial charge in [-0.2, -0.15) is 0 Å². The van der Waals surface area contributed by atoms with Crippen molar-refractivity contribution in [2.45, 2.75) is 33.6 Å². The van der Waals surface area contributed by atoms with E-state index < -0.39 is 0 Å². The summed E-state index contributed by atoms with van der Waals surface area (Å²) in [6, 6.07) is 24.7. The van der Waals surface area contributed by atoms with Gasteiger partial charge in [0.25, 0.3) is 0 Å². The summed E-state index contributed by atoms with van der Waals surface area (Å²) in [6.45, 7) is 6.04. The quantitative estimate of drug-likeness (QED) is 0.522. The maximum absolute atomic E-state index is 5.90. The van der Waals surface area contributed by atoms with Gasteiger partial charge in [0.1, 0.15) is 0 Å². The summed E-state index contributed by atoms with van der Waals surface area (Å²) < 4.78 is 5.90. The zero-order valence-electron chi connectivity index (χ0n) is 16.4. The lowest BCUT2D eigenvalue weighted by molar-refractivity contribution is 0.106. The van der Waals surface area contributed by atoms with Crippen molar-refractivity contribution in [1.82, 2.24) is 5.32 Å². The lowest BCUT2D eigenvalue weighted by Crippen LogP contribution is -2.28. The van der Waals surface area contributed by atoms with Gasteiger partial charge in [-0.1, -0.05) is 60.7 Å². The molecule has 3 nitrogen and oxygen atoms in total. The Bertz CT molecular complexity index is 925. The van der Waals surface area contributed by atoms with Crippen LogP contribution >= 0.6 is 12.2 Å². The molecule has 0 fully saturated rings. The van der Waals surface area contributed by atoms with Gasteiger partial charge >= 0.3 is 0 Å². The standard InChI is InChI=1S/C24H26N2OS/c1-18-12-13-23(14-19(18)2)26-24(28)25-15-21-10-6-7-11-22(21)17-27-16-20-8-4-3-5-9-20/h3-14H,15-17H2,1-2H3,(H2,25,26,28). The molecule has 3 aromatic carbocycles. The number of benzene rings is 3. The highest BCUT2D eigenvalue weighted by atomic mass is 32.1. The van der Waals surface area contributed by atoms with Crippen LogP contribution in [0.2, 0.25) is 0 Å². The molecule has 2 N–H and O–H groups in total. The first-order valence-electron chi connectivity index (χ1n) is 9.42. The van der Waals surface area contributed by atoms with Gasteiger partial charge in [0, 0.05) is 12.2 Å². The highest BCUT2D eigenvalue weighted by Crippen LogP contribution is 2.15. The van der Waals surface area contributed by atoms with E-state index in [1.807, 2.05) is 36.4 Å². The zero-order chi connectivity index (χ0) is 19.8. The Morgan fingerprint density at radius 2 is 1.54 bits per heavy atom. The average Bonchev–Trinajstić information content (AvgIpc) is 2.71. The minimum atomic E-state index is 0.574. The zero-order valence-corrected chi connectivity index (χ0v) is 17.2. The lowest BCUT2D eigenvalue weighted by Gasteiger charge is -2.14. The topological polar surface area (TPSA) is 33.3 Å². The van der Waals surface area contributed by atoms with Crippen molar-refractivity contribution in [3.05, 3.63) is 101 Å². The molecule has 3 rings (SSSR count). The summed E-state index contributed by atoms with van der Waals surface area (Å²) in [5, 5.41) is 7.16. The van der Waals surface area contributed by atoms with Crippen LogP contribution in [0.5, 0.6) is 0 Å². The van der Waals surface area contributed by atoms with Crippen LogP contribution in [0.1, 0.15) is 27.8 Å². The van der Waals surface area contributed by atoms with Crippen molar-refractivity contribution < 1.29 is 4.74 Å². The molecule has 0 aliphatic rings. The summed E-state index contributed by atoms with van der Waals surface area (Å²) in [5.41, 5.74) is 7.04. The smallest absolute Gasteiger partial charge is 0.171 e. The monoisotopic (exact) mass is 390 g/mol. The Kier molecular flexibility index (Phi) is 7.18. The first-order valence-corrected chi connectivity index (χ1v) is 9.83. The highest BCUT2D eigenvalue weighted by Gasteiger charge is 2.05. The first kappa shape index (κ1) is 20.1. The van der Waals surface area contributed by atoms with Crippen LogP contribution in [-0.4, -0.2) is 5.11 Å². The summed E-state index contributed by atoms with van der Waals surface area (Å²) in [5.74, 6) is 0. The van der Waals surface area contributed by atoms with Gasteiger partial charge in [0.15, 0.2) is 5.11 Å². The predicted octanol–water partition coefficient (Wildman–Crippen LogP) is 5.51. The van der Waals surface area contributed by atoms with E-state index in [2.05, 4.69) is 60.9 Å². The van der Waals surface area contributed by atoms with Crippen LogP contribution in [0.4, 0.5) is 5.69 Å². The van der Waals surface area contributed by atoms with Gasteiger partial charge in [0.05, 0.1) is 13.2 Å². The number of ether oxygens (including phenoxy) is 1. The molecule has 0 aromatic heterocycles. The fraction of sp³-hybridized carbons (Fsp3) is 0.208. The van der Waals surface area contributed by atoms with Gasteiger partial charge in [-0.05, 0) is 66.0 Å². The Morgan fingerprint density at radius 1 is 0.821 bits per heavy atom. The van der Waals surface area contributed by atoms with E-state index in [0.717, 1.165) is 5.69 Å². The van der Waals surface area contributed by atoms with Crippen LogP contribution in [-0.2, 0) is 24.5 Å². The molecule has 4 heteroatoms. The molecule has 3 aromatic rings. The molecule has 0 amide bonds. The van der Waals surface area contributed by atoms with E-state index in [0.29, 0.717) is 24.9 Å². The normalized spacial score (nSPS) is 10.5. The number of anilines is 1. The molecule has 0 atom stereocenters. The maximum Gasteiger partial charge on any atom is 0.171 e. The molecule has 0 aliphatic carbocycles. The summed E-state index contributed by atoms with van der Waals surface area (Å²) in [7, 11) is 0. The van der Waals surface area contributed by atoms with Gasteiger partial charge in [0.2, 0.25) is 0 Å². The fourth-order valence-electron chi connectivity index (χ4n) is 2.89.